The largest absolute Gasteiger partial charge is 0.353 e. The fourth-order valence-corrected chi connectivity index (χ4v) is 1.31. The van der Waals surface area contributed by atoms with Gasteiger partial charge in [0.1, 0.15) is 12.2 Å². The molecule has 2 aliphatic rings. The molecule has 0 saturated heterocycles. The Kier molecular flexibility index (Phi) is 2.78. The first-order valence-corrected chi connectivity index (χ1v) is 4.51. The van der Waals surface area contributed by atoms with Crippen LogP contribution in [0.15, 0.2) is 48.6 Å². The van der Waals surface area contributed by atoms with Crippen LogP contribution < -0.4 is 0 Å². The summed E-state index contributed by atoms with van der Waals surface area (Å²) in [7, 11) is 0. The molecule has 2 aliphatic carbocycles. The van der Waals surface area contributed by atoms with Crippen LogP contribution in [0.3, 0.4) is 0 Å². The highest BCUT2D eigenvalue weighted by Gasteiger charge is 2.14. The first kappa shape index (κ1) is 8.52. The molecule has 13 heavy (non-hydrogen) atoms. The van der Waals surface area contributed by atoms with Gasteiger partial charge in [-0.3, -0.25) is 0 Å². The summed E-state index contributed by atoms with van der Waals surface area (Å²) in [4.78, 5) is 0. The zero-order valence-corrected chi connectivity index (χ0v) is 7.44. The highest BCUT2D eigenvalue weighted by atomic mass is 16.5. The number of hydrogen-bond donors (Lipinski definition) is 0. The maximum atomic E-state index is 5.69. The van der Waals surface area contributed by atoms with Crippen LogP contribution in [0.5, 0.6) is 0 Å². The van der Waals surface area contributed by atoms with Gasteiger partial charge in [0, 0.05) is 12.8 Å². The Labute approximate surface area is 79.1 Å². The lowest BCUT2D eigenvalue weighted by molar-refractivity contribution is 0.190. The summed E-state index contributed by atoms with van der Waals surface area (Å²) in [5, 5.41) is 0. The zero-order chi connectivity index (χ0) is 8.93. The van der Waals surface area contributed by atoms with Gasteiger partial charge in [0.05, 0.1) is 0 Å². The van der Waals surface area contributed by atoms with Crippen molar-refractivity contribution in [1.29, 1.82) is 0 Å². The molecule has 0 aliphatic heterocycles. The van der Waals surface area contributed by atoms with Gasteiger partial charge in [-0.1, -0.05) is 36.5 Å². The highest BCUT2D eigenvalue weighted by Crippen LogP contribution is 2.25. The molecule has 0 atom stereocenters. The van der Waals surface area contributed by atoms with E-state index < -0.39 is 0 Å². The summed E-state index contributed by atoms with van der Waals surface area (Å²) in [6, 6.07) is 0. The van der Waals surface area contributed by atoms with Crippen molar-refractivity contribution in [2.45, 2.75) is 12.8 Å². The van der Waals surface area contributed by atoms with E-state index in [1.54, 1.807) is 0 Å². The number of ether oxygens (including phenoxy) is 1. The van der Waals surface area contributed by atoms with Crippen LogP contribution in [0.1, 0.15) is 12.8 Å². The van der Waals surface area contributed by atoms with E-state index in [0.29, 0.717) is 0 Å². The van der Waals surface area contributed by atoms with Gasteiger partial charge < -0.3 is 4.74 Å². The van der Waals surface area contributed by atoms with Crippen molar-refractivity contribution in [3.05, 3.63) is 60.8 Å². The fraction of sp³-hybridized carbons (Fsp3) is 0.167. The van der Waals surface area contributed by atoms with Crippen LogP contribution in [-0.4, -0.2) is 0 Å². The quantitative estimate of drug-likeness (QED) is 0.622. The molecule has 0 aromatic heterocycles. The number of rotatable bonds is 2. The van der Waals surface area contributed by atoms with Crippen LogP contribution >= 0.6 is 0 Å². The van der Waals surface area contributed by atoms with Gasteiger partial charge in [-0.15, -0.1) is 0 Å². The average molecular weight is 172 g/mol. The smallest absolute Gasteiger partial charge is 0.124 e. The van der Waals surface area contributed by atoms with Crippen molar-refractivity contribution in [2.75, 3.05) is 0 Å². The van der Waals surface area contributed by atoms with E-state index >= 15 is 0 Å². The minimum absolute atomic E-state index is 0.900. The molecule has 0 unspecified atom stereocenters. The number of hydrogen-bond acceptors (Lipinski definition) is 1. The Balaban J connectivity index is 1.84. The molecule has 66 valence electrons. The lowest BCUT2D eigenvalue weighted by Gasteiger charge is -2.18. The van der Waals surface area contributed by atoms with Crippen molar-refractivity contribution in [3.8, 4) is 0 Å². The van der Waals surface area contributed by atoms with E-state index in [2.05, 4.69) is 12.2 Å². The average Bonchev–Trinajstić information content (AvgIpc) is 2.21. The third kappa shape index (κ3) is 2.43. The summed E-state index contributed by atoms with van der Waals surface area (Å²) in [5.74, 6) is 0. The Morgan fingerprint density at radius 3 is 1.69 bits per heavy atom. The SMILES string of the molecule is C1=CC[C](O[C]2C=CC=CC2)C=C1. The van der Waals surface area contributed by atoms with Gasteiger partial charge in [0.15, 0.2) is 0 Å². The van der Waals surface area contributed by atoms with Crippen molar-refractivity contribution in [3.63, 3.8) is 0 Å². The van der Waals surface area contributed by atoms with Gasteiger partial charge >= 0.3 is 0 Å². The molecule has 1 nitrogen and oxygen atoms in total. The molecule has 0 N–H and O–H groups in total. The summed E-state index contributed by atoms with van der Waals surface area (Å²) in [5.41, 5.74) is 0. The van der Waals surface area contributed by atoms with Gasteiger partial charge in [0.2, 0.25) is 0 Å². The fourth-order valence-electron chi connectivity index (χ4n) is 1.31. The van der Waals surface area contributed by atoms with E-state index in [-0.39, 0.29) is 0 Å². The Hall–Kier alpha value is -1.08. The van der Waals surface area contributed by atoms with Crippen molar-refractivity contribution in [1.82, 2.24) is 0 Å². The summed E-state index contributed by atoms with van der Waals surface area (Å²) in [6.07, 6.45) is 20.1. The lowest BCUT2D eigenvalue weighted by Crippen LogP contribution is -2.07. The normalized spacial score (nSPS) is 22.8. The topological polar surface area (TPSA) is 9.23 Å². The molecule has 0 fully saturated rings. The highest BCUT2D eigenvalue weighted by molar-refractivity contribution is 5.24. The molecule has 0 aromatic carbocycles. The zero-order valence-electron chi connectivity index (χ0n) is 7.44. The van der Waals surface area contributed by atoms with Crippen molar-refractivity contribution < 1.29 is 4.74 Å². The predicted octanol–water partition coefficient (Wildman–Crippen LogP) is 3.10. The standard InChI is InChI=1S/C12H12O/c1-3-7-11(8-4-1)13-12-9-5-2-6-10-12/h1-7,9H,8,10H2. The Bertz CT molecular complexity index is 243. The van der Waals surface area contributed by atoms with E-state index in [4.69, 9.17) is 4.74 Å². The van der Waals surface area contributed by atoms with Crippen molar-refractivity contribution in [2.24, 2.45) is 0 Å². The molecule has 1 heteroatoms. The summed E-state index contributed by atoms with van der Waals surface area (Å²) in [6.45, 7) is 0. The second-order valence-electron chi connectivity index (χ2n) is 3.02. The van der Waals surface area contributed by atoms with Gasteiger partial charge in [-0.2, -0.15) is 0 Å². The Morgan fingerprint density at radius 2 is 1.31 bits per heavy atom. The van der Waals surface area contributed by atoms with E-state index in [1.807, 2.05) is 36.5 Å². The molecule has 2 rings (SSSR count). The van der Waals surface area contributed by atoms with Crippen LogP contribution in [0.2, 0.25) is 0 Å². The molecule has 0 amide bonds. The van der Waals surface area contributed by atoms with E-state index in [0.717, 1.165) is 25.0 Å². The van der Waals surface area contributed by atoms with Crippen LogP contribution in [0, 0.1) is 12.2 Å². The van der Waals surface area contributed by atoms with Crippen molar-refractivity contribution >= 4 is 0 Å². The maximum absolute atomic E-state index is 5.69. The van der Waals surface area contributed by atoms with Crippen LogP contribution in [-0.2, 0) is 4.74 Å². The molecule has 0 spiro atoms. The minimum atomic E-state index is 0.900. The summed E-state index contributed by atoms with van der Waals surface area (Å²) >= 11 is 0. The first-order valence-electron chi connectivity index (χ1n) is 4.51. The van der Waals surface area contributed by atoms with Crippen LogP contribution in [0.4, 0.5) is 0 Å². The minimum Gasteiger partial charge on any atom is -0.353 e. The lowest BCUT2D eigenvalue weighted by atomic mass is 10.1. The molecule has 0 saturated carbocycles. The van der Waals surface area contributed by atoms with E-state index in [1.165, 1.54) is 0 Å². The van der Waals surface area contributed by atoms with Crippen LogP contribution in [0.25, 0.3) is 0 Å². The second kappa shape index (κ2) is 4.24. The molecule has 0 heterocycles. The summed E-state index contributed by atoms with van der Waals surface area (Å²) < 4.78 is 5.69. The monoisotopic (exact) mass is 172 g/mol. The van der Waals surface area contributed by atoms with E-state index in [9.17, 15) is 0 Å². The molecule has 0 aromatic rings. The van der Waals surface area contributed by atoms with Gasteiger partial charge in [-0.25, -0.2) is 0 Å². The predicted molar refractivity (Wildman–Crippen MR) is 53.4 cm³/mol. The third-order valence-corrected chi connectivity index (χ3v) is 1.96. The van der Waals surface area contributed by atoms with Gasteiger partial charge in [-0.05, 0) is 12.2 Å². The molecule has 0 bridgehead atoms. The second-order valence-corrected chi connectivity index (χ2v) is 3.02. The molecule has 2 radical (unpaired) electrons. The maximum Gasteiger partial charge on any atom is 0.124 e. The third-order valence-electron chi connectivity index (χ3n) is 1.96. The Morgan fingerprint density at radius 1 is 0.769 bits per heavy atom. The first-order chi connectivity index (χ1) is 6.45. The van der Waals surface area contributed by atoms with Gasteiger partial charge in [0.25, 0.3) is 0 Å². The molecular formula is C12H12O. The molecular weight excluding hydrogens is 160 g/mol. The number of allylic oxidation sites excluding steroid dienone is 4.